The van der Waals surface area contributed by atoms with Gasteiger partial charge in [-0.25, -0.2) is 4.52 Å². The van der Waals surface area contributed by atoms with Crippen molar-refractivity contribution in [1.82, 2.24) is 4.90 Å². The summed E-state index contributed by atoms with van der Waals surface area (Å²) in [6, 6.07) is 0. The summed E-state index contributed by atoms with van der Waals surface area (Å²) in [5, 5.41) is 0. The number of carbonyl (C=O) groups is 1. The zero-order valence-corrected chi connectivity index (χ0v) is 8.82. The largest absolute Gasteiger partial charge is 0.340 e. The summed E-state index contributed by atoms with van der Waals surface area (Å²) in [6.45, 7) is 2.16. The lowest BCUT2D eigenvalue weighted by Crippen LogP contribution is -2.27. The maximum absolute atomic E-state index is 11.1. The highest BCUT2D eigenvalue weighted by Crippen LogP contribution is 2.10. The quantitative estimate of drug-likeness (QED) is 0.516. The number of nitrogens with zero attached hydrogens (tertiary/aromatic N) is 2. The van der Waals surface area contributed by atoms with Gasteiger partial charge < -0.3 is 9.42 Å². The zero-order chi connectivity index (χ0) is 8.81. The molecule has 68 valence electrons. The van der Waals surface area contributed by atoms with Crippen molar-refractivity contribution in [3.8, 4) is 0 Å². The minimum absolute atomic E-state index is 0.248. The van der Waals surface area contributed by atoms with Gasteiger partial charge in [0.1, 0.15) is 0 Å². The monoisotopic (exact) mass is 206 g/mol. The molecule has 1 unspecified atom stereocenters. The Hall–Kier alpha value is -0.0400. The van der Waals surface area contributed by atoms with Crippen LogP contribution in [0.1, 0.15) is 12.8 Å². The molecule has 1 rings (SSSR count). The maximum Gasteiger partial charge on any atom is 0.222 e. The van der Waals surface area contributed by atoms with E-state index in [1.807, 2.05) is 4.90 Å². The van der Waals surface area contributed by atoms with Crippen molar-refractivity contribution in [2.75, 3.05) is 19.7 Å². The summed E-state index contributed by atoms with van der Waals surface area (Å²) in [6.07, 6.45) is 1.69. The lowest BCUT2D eigenvalue weighted by molar-refractivity contribution is -0.127. The smallest absolute Gasteiger partial charge is 0.222 e. The van der Waals surface area contributed by atoms with E-state index in [9.17, 15) is 4.79 Å². The van der Waals surface area contributed by atoms with E-state index >= 15 is 0 Å². The van der Waals surface area contributed by atoms with Crippen LogP contribution in [0, 0.1) is 0 Å². The Labute approximate surface area is 75.9 Å². The molecule has 0 N–H and O–H groups in total. The Bertz CT molecular complexity index is 186. The summed E-state index contributed by atoms with van der Waals surface area (Å²) in [4.78, 5) is 12.9. The van der Waals surface area contributed by atoms with Crippen LogP contribution in [0.3, 0.4) is 0 Å². The minimum atomic E-state index is 0.248. The Morgan fingerprint density at radius 3 is 3.17 bits per heavy atom. The first-order chi connectivity index (χ1) is 5.84. The normalized spacial score (nSPS) is 18.1. The van der Waals surface area contributed by atoms with Crippen LogP contribution in [-0.2, 0) is 9.32 Å². The molecule has 1 aliphatic heterocycles. The summed E-state index contributed by atoms with van der Waals surface area (Å²) >= 11 is 0. The van der Waals surface area contributed by atoms with Crippen LogP contribution < -0.4 is 0 Å². The lowest BCUT2D eigenvalue weighted by atomic mass is 10.4. The van der Waals surface area contributed by atoms with Crippen LogP contribution in [0.15, 0.2) is 4.52 Å². The van der Waals surface area contributed by atoms with Crippen LogP contribution in [0.4, 0.5) is 0 Å². The molecule has 6 heteroatoms. The van der Waals surface area contributed by atoms with Gasteiger partial charge in [-0.15, -0.1) is 0 Å². The standard InChI is InChI=1S/C6H12N2O2P2/c9-6-2-1-3-8(6)4-5-10-12-7-11/h1-5,11H2. The van der Waals surface area contributed by atoms with E-state index in [1.165, 1.54) is 0 Å². The van der Waals surface area contributed by atoms with E-state index in [4.69, 9.17) is 4.52 Å². The lowest BCUT2D eigenvalue weighted by Gasteiger charge is -2.13. The van der Waals surface area contributed by atoms with Gasteiger partial charge in [-0.05, 0) is 15.8 Å². The van der Waals surface area contributed by atoms with Gasteiger partial charge in [-0.2, -0.15) is 0 Å². The Morgan fingerprint density at radius 2 is 2.58 bits per heavy atom. The first-order valence-corrected chi connectivity index (χ1v) is 5.12. The predicted octanol–water partition coefficient (Wildman–Crippen LogP) is 1.46. The van der Waals surface area contributed by atoms with Crippen molar-refractivity contribution in [3.63, 3.8) is 0 Å². The zero-order valence-electron chi connectivity index (χ0n) is 6.77. The summed E-state index contributed by atoms with van der Waals surface area (Å²) in [7, 11) is 2.83. The molecule has 0 spiro atoms. The third-order valence-corrected chi connectivity index (χ3v) is 2.40. The molecule has 1 fully saturated rings. The Balaban J connectivity index is 2.10. The van der Waals surface area contributed by atoms with E-state index < -0.39 is 0 Å². The molecule has 0 saturated carbocycles. The molecule has 1 heterocycles. The molecule has 0 aromatic heterocycles. The van der Waals surface area contributed by atoms with E-state index in [1.54, 1.807) is 0 Å². The van der Waals surface area contributed by atoms with E-state index in [0.29, 0.717) is 28.2 Å². The number of hydrogen-bond acceptors (Lipinski definition) is 3. The third-order valence-electron chi connectivity index (χ3n) is 1.73. The molecule has 4 nitrogen and oxygen atoms in total. The number of hydrogen-bond donors (Lipinski definition) is 0. The minimum Gasteiger partial charge on any atom is -0.340 e. The third kappa shape index (κ3) is 3.14. The molecule has 1 atom stereocenters. The molecule has 0 bridgehead atoms. The van der Waals surface area contributed by atoms with Gasteiger partial charge in [0.25, 0.3) is 0 Å². The fourth-order valence-electron chi connectivity index (χ4n) is 1.17. The average molecular weight is 206 g/mol. The Morgan fingerprint density at radius 1 is 1.75 bits per heavy atom. The molecule has 0 aromatic rings. The second-order valence-electron chi connectivity index (χ2n) is 2.51. The molecule has 0 aliphatic carbocycles. The molecular formula is C6H12N2O2P2. The van der Waals surface area contributed by atoms with Crippen molar-refractivity contribution in [3.05, 3.63) is 0 Å². The average Bonchev–Trinajstić information content (AvgIpc) is 2.46. The second kappa shape index (κ2) is 5.58. The van der Waals surface area contributed by atoms with Gasteiger partial charge in [0.15, 0.2) is 8.60 Å². The van der Waals surface area contributed by atoms with Gasteiger partial charge in [-0.1, -0.05) is 0 Å². The van der Waals surface area contributed by atoms with Crippen LogP contribution in [0.25, 0.3) is 0 Å². The molecule has 0 radical (unpaired) electrons. The number of rotatable bonds is 4. The molecule has 0 aromatic carbocycles. The predicted molar refractivity (Wildman–Crippen MR) is 50.8 cm³/mol. The van der Waals surface area contributed by atoms with Crippen LogP contribution >= 0.6 is 18.0 Å². The van der Waals surface area contributed by atoms with E-state index in [2.05, 4.69) is 13.9 Å². The van der Waals surface area contributed by atoms with E-state index in [0.717, 1.165) is 13.0 Å². The molecule has 1 amide bonds. The topological polar surface area (TPSA) is 41.9 Å². The second-order valence-corrected chi connectivity index (χ2v) is 3.86. The van der Waals surface area contributed by atoms with E-state index in [-0.39, 0.29) is 5.91 Å². The van der Waals surface area contributed by atoms with Crippen molar-refractivity contribution in [2.45, 2.75) is 12.8 Å². The van der Waals surface area contributed by atoms with Gasteiger partial charge in [-0.3, -0.25) is 4.79 Å². The SMILES string of the molecule is O=C1CCCN1CCOP=NP. The van der Waals surface area contributed by atoms with Crippen LogP contribution in [-0.4, -0.2) is 30.5 Å². The van der Waals surface area contributed by atoms with Gasteiger partial charge in [0.2, 0.25) is 5.91 Å². The fourth-order valence-corrected chi connectivity index (χ4v) is 1.60. The van der Waals surface area contributed by atoms with Crippen molar-refractivity contribution >= 4 is 23.9 Å². The molecule has 12 heavy (non-hydrogen) atoms. The van der Waals surface area contributed by atoms with Gasteiger partial charge in [0, 0.05) is 19.5 Å². The first kappa shape index (κ1) is 10.0. The number of amides is 1. The van der Waals surface area contributed by atoms with Gasteiger partial charge in [0.05, 0.1) is 6.61 Å². The first-order valence-electron chi connectivity index (χ1n) is 3.84. The van der Waals surface area contributed by atoms with Crippen molar-refractivity contribution in [2.24, 2.45) is 4.52 Å². The Kier molecular flexibility index (Phi) is 4.67. The number of likely N-dealkylation sites (tertiary alicyclic amines) is 1. The highest BCUT2D eigenvalue weighted by atomic mass is 31.1. The molecule has 1 aliphatic rings. The summed E-state index contributed by atoms with van der Waals surface area (Å²) < 4.78 is 8.77. The van der Waals surface area contributed by atoms with Crippen LogP contribution in [0.5, 0.6) is 0 Å². The molecule has 1 saturated heterocycles. The number of carbonyl (C=O) groups excluding carboxylic acids is 1. The van der Waals surface area contributed by atoms with Gasteiger partial charge >= 0.3 is 0 Å². The highest BCUT2D eigenvalue weighted by Gasteiger charge is 2.18. The fraction of sp³-hybridized carbons (Fsp3) is 0.833. The summed E-state index contributed by atoms with van der Waals surface area (Å²) in [5.74, 6) is 0.248. The van der Waals surface area contributed by atoms with Crippen molar-refractivity contribution < 1.29 is 9.32 Å². The highest BCUT2D eigenvalue weighted by molar-refractivity contribution is 7.31. The van der Waals surface area contributed by atoms with Crippen molar-refractivity contribution in [1.29, 1.82) is 0 Å². The molecular weight excluding hydrogens is 194 g/mol. The summed E-state index contributed by atoms with van der Waals surface area (Å²) in [5.41, 5.74) is 0. The van der Waals surface area contributed by atoms with Crippen LogP contribution in [0.2, 0.25) is 0 Å². The maximum atomic E-state index is 11.1.